The fraction of sp³-hybridized carbons (Fsp3) is 0.778. The number of carboxylic acid groups (broad SMARTS) is 4. The minimum absolute atomic E-state index is 0.0500. The Morgan fingerprint density at radius 2 is 0.893 bits per heavy atom. The standard InChI is InChI=1S/C18H32N2O8/c1-17(2,3)19(11(15(25)26)9-13(21)22)7-8-20(18(4,5)6)12(16(27)28)10-14(23)24/h11-12H,7-10H2,1-6H3,(H,21,22)(H,23,24)(H,25,26)(H,27,28). The lowest BCUT2D eigenvalue weighted by Gasteiger charge is -2.44. The summed E-state index contributed by atoms with van der Waals surface area (Å²) in [6.07, 6.45) is -1.22. The number of nitrogens with zero attached hydrogens (tertiary/aromatic N) is 2. The van der Waals surface area contributed by atoms with E-state index in [1.54, 1.807) is 41.5 Å². The van der Waals surface area contributed by atoms with Gasteiger partial charge in [-0.05, 0) is 41.5 Å². The molecule has 10 nitrogen and oxygen atoms in total. The van der Waals surface area contributed by atoms with Gasteiger partial charge in [-0.25, -0.2) is 0 Å². The molecule has 2 unspecified atom stereocenters. The topological polar surface area (TPSA) is 156 Å². The minimum atomic E-state index is -1.30. The first-order valence-electron chi connectivity index (χ1n) is 8.91. The van der Waals surface area contributed by atoms with E-state index in [4.69, 9.17) is 10.2 Å². The van der Waals surface area contributed by atoms with Gasteiger partial charge in [-0.15, -0.1) is 0 Å². The van der Waals surface area contributed by atoms with Gasteiger partial charge in [0.1, 0.15) is 12.1 Å². The van der Waals surface area contributed by atoms with Crippen LogP contribution in [0, 0.1) is 0 Å². The van der Waals surface area contributed by atoms with E-state index in [-0.39, 0.29) is 13.1 Å². The maximum Gasteiger partial charge on any atom is 0.321 e. The molecular weight excluding hydrogens is 372 g/mol. The fourth-order valence-electron chi connectivity index (χ4n) is 3.13. The molecule has 0 aliphatic rings. The lowest BCUT2D eigenvalue weighted by molar-refractivity contribution is -0.154. The van der Waals surface area contributed by atoms with Crippen LogP contribution in [-0.2, 0) is 19.2 Å². The Balaban J connectivity index is 5.82. The number of hydrogen-bond donors (Lipinski definition) is 4. The molecule has 0 aromatic rings. The predicted octanol–water partition coefficient (Wildman–Crippen LogP) is 1.04. The Labute approximate surface area is 164 Å². The summed E-state index contributed by atoms with van der Waals surface area (Å²) in [4.78, 5) is 48.5. The van der Waals surface area contributed by atoms with Gasteiger partial charge in [-0.2, -0.15) is 0 Å². The van der Waals surface area contributed by atoms with Crippen LogP contribution in [0.25, 0.3) is 0 Å². The molecule has 0 aromatic carbocycles. The van der Waals surface area contributed by atoms with E-state index in [1.807, 2.05) is 0 Å². The van der Waals surface area contributed by atoms with Gasteiger partial charge in [0.05, 0.1) is 12.8 Å². The first-order valence-corrected chi connectivity index (χ1v) is 8.91. The highest BCUT2D eigenvalue weighted by atomic mass is 16.4. The second-order valence-electron chi connectivity index (χ2n) is 8.63. The van der Waals surface area contributed by atoms with E-state index in [0.717, 1.165) is 0 Å². The lowest BCUT2D eigenvalue weighted by Crippen LogP contribution is -2.58. The van der Waals surface area contributed by atoms with Crippen molar-refractivity contribution in [3.8, 4) is 0 Å². The summed E-state index contributed by atoms with van der Waals surface area (Å²) in [5.41, 5.74) is -1.43. The van der Waals surface area contributed by atoms with E-state index in [9.17, 15) is 29.4 Å². The maximum absolute atomic E-state index is 11.7. The van der Waals surface area contributed by atoms with Crippen LogP contribution in [0.2, 0.25) is 0 Å². The van der Waals surface area contributed by atoms with Crippen LogP contribution in [0.3, 0.4) is 0 Å². The molecule has 0 aliphatic carbocycles. The van der Waals surface area contributed by atoms with Crippen LogP contribution in [0.4, 0.5) is 0 Å². The van der Waals surface area contributed by atoms with Crippen LogP contribution >= 0.6 is 0 Å². The Hall–Kier alpha value is -2.20. The molecule has 10 heteroatoms. The number of carbonyl (C=O) groups is 4. The first-order chi connectivity index (χ1) is 12.5. The van der Waals surface area contributed by atoms with Crippen LogP contribution in [0.15, 0.2) is 0 Å². The van der Waals surface area contributed by atoms with Crippen LogP contribution in [0.1, 0.15) is 54.4 Å². The van der Waals surface area contributed by atoms with Gasteiger partial charge < -0.3 is 20.4 Å². The molecule has 0 spiro atoms. The molecule has 162 valence electrons. The van der Waals surface area contributed by atoms with Crippen LogP contribution < -0.4 is 0 Å². The Bertz CT molecular complexity index is 539. The highest BCUT2D eigenvalue weighted by Crippen LogP contribution is 2.23. The predicted molar refractivity (Wildman–Crippen MR) is 100 cm³/mol. The zero-order valence-corrected chi connectivity index (χ0v) is 17.3. The Morgan fingerprint density at radius 1 is 0.643 bits per heavy atom. The molecule has 28 heavy (non-hydrogen) atoms. The number of hydrogen-bond acceptors (Lipinski definition) is 6. The molecule has 0 saturated carbocycles. The van der Waals surface area contributed by atoms with E-state index >= 15 is 0 Å². The molecule has 0 aliphatic heterocycles. The molecule has 0 fully saturated rings. The molecular formula is C18H32N2O8. The summed E-state index contributed by atoms with van der Waals surface area (Å²) >= 11 is 0. The van der Waals surface area contributed by atoms with Crippen molar-refractivity contribution in [2.45, 2.75) is 77.5 Å². The summed E-state index contributed by atoms with van der Waals surface area (Å²) < 4.78 is 0. The summed E-state index contributed by atoms with van der Waals surface area (Å²) in [5.74, 6) is -5.10. The van der Waals surface area contributed by atoms with Crippen LogP contribution in [0.5, 0.6) is 0 Å². The monoisotopic (exact) mass is 404 g/mol. The normalized spacial score (nSPS) is 14.7. The largest absolute Gasteiger partial charge is 0.481 e. The molecule has 0 rings (SSSR count). The number of aliphatic carboxylic acids is 4. The SMILES string of the molecule is CC(C)(C)N(CCN(C(CC(=O)O)C(=O)O)C(C)(C)C)C(CC(=O)O)C(=O)O. The number of rotatable bonds is 11. The average Bonchev–Trinajstić information content (AvgIpc) is 2.44. The van der Waals surface area contributed by atoms with Crippen LogP contribution in [-0.4, -0.2) is 90.4 Å². The van der Waals surface area contributed by atoms with Crippen molar-refractivity contribution < 1.29 is 39.6 Å². The van der Waals surface area contributed by atoms with Gasteiger partial charge in [0, 0.05) is 24.2 Å². The van der Waals surface area contributed by atoms with Crippen molar-refractivity contribution in [3.63, 3.8) is 0 Å². The highest BCUT2D eigenvalue weighted by molar-refractivity contribution is 5.81. The molecule has 0 amide bonds. The molecule has 0 radical (unpaired) electrons. The van der Waals surface area contributed by atoms with E-state index in [0.29, 0.717) is 0 Å². The zero-order chi connectivity index (χ0) is 22.4. The van der Waals surface area contributed by atoms with Gasteiger partial charge >= 0.3 is 23.9 Å². The second kappa shape index (κ2) is 9.83. The minimum Gasteiger partial charge on any atom is -0.481 e. The van der Waals surface area contributed by atoms with Gasteiger partial charge in [-0.1, -0.05) is 0 Å². The summed E-state index contributed by atoms with van der Waals surface area (Å²) in [5, 5.41) is 37.2. The van der Waals surface area contributed by atoms with E-state index < -0.39 is 59.9 Å². The van der Waals surface area contributed by atoms with Crippen molar-refractivity contribution in [2.24, 2.45) is 0 Å². The van der Waals surface area contributed by atoms with Gasteiger partial charge in [-0.3, -0.25) is 29.0 Å². The molecule has 0 bridgehead atoms. The van der Waals surface area contributed by atoms with Gasteiger partial charge in [0.15, 0.2) is 0 Å². The third-order valence-corrected chi connectivity index (χ3v) is 4.36. The van der Waals surface area contributed by atoms with Gasteiger partial charge in [0.25, 0.3) is 0 Å². The summed E-state index contributed by atoms with van der Waals surface area (Å²) in [6.45, 7) is 10.5. The quantitative estimate of drug-likeness (QED) is 0.392. The second-order valence-corrected chi connectivity index (χ2v) is 8.63. The average molecular weight is 404 g/mol. The smallest absolute Gasteiger partial charge is 0.321 e. The van der Waals surface area contributed by atoms with Crippen molar-refractivity contribution in [1.82, 2.24) is 9.80 Å². The fourth-order valence-corrected chi connectivity index (χ4v) is 3.13. The van der Waals surface area contributed by atoms with Crippen molar-refractivity contribution >= 4 is 23.9 Å². The Morgan fingerprint density at radius 3 is 1.04 bits per heavy atom. The molecule has 2 atom stereocenters. The maximum atomic E-state index is 11.7. The lowest BCUT2D eigenvalue weighted by atomic mass is 9.98. The zero-order valence-electron chi connectivity index (χ0n) is 17.3. The van der Waals surface area contributed by atoms with E-state index in [2.05, 4.69) is 0 Å². The molecule has 4 N–H and O–H groups in total. The van der Waals surface area contributed by atoms with Gasteiger partial charge in [0.2, 0.25) is 0 Å². The molecule has 0 heterocycles. The molecule has 0 aromatic heterocycles. The van der Waals surface area contributed by atoms with Crippen molar-refractivity contribution in [3.05, 3.63) is 0 Å². The molecule has 0 saturated heterocycles. The summed E-state index contributed by atoms with van der Waals surface area (Å²) in [6, 6.07) is -2.61. The van der Waals surface area contributed by atoms with Crippen molar-refractivity contribution in [2.75, 3.05) is 13.1 Å². The van der Waals surface area contributed by atoms with E-state index in [1.165, 1.54) is 9.80 Å². The van der Waals surface area contributed by atoms with Crippen molar-refractivity contribution in [1.29, 1.82) is 0 Å². The summed E-state index contributed by atoms with van der Waals surface area (Å²) in [7, 11) is 0. The number of carboxylic acids is 4. The first kappa shape index (κ1) is 25.8. The Kier molecular flexibility index (Phi) is 9.06. The third kappa shape index (κ3) is 8.22. The highest BCUT2D eigenvalue weighted by Gasteiger charge is 2.39. The third-order valence-electron chi connectivity index (χ3n) is 4.36.